The molecule has 1 saturated heterocycles. The Morgan fingerprint density at radius 1 is 1.11 bits per heavy atom. The van der Waals surface area contributed by atoms with Crippen LogP contribution in [0.15, 0.2) is 71.6 Å². The Labute approximate surface area is 254 Å². The fourth-order valence-corrected chi connectivity index (χ4v) is 7.55. The zero-order chi connectivity index (χ0) is 32.6. The minimum absolute atomic E-state index is 0.130. The number of nitrogens with one attached hydrogen (secondary N) is 3. The van der Waals surface area contributed by atoms with E-state index < -0.39 is 49.4 Å². The fraction of sp³-hybridized carbons (Fsp3) is 0.250. The number of carboxylic acids is 1. The van der Waals surface area contributed by atoms with Gasteiger partial charge in [0.15, 0.2) is 0 Å². The molecule has 6 rings (SSSR count). The van der Waals surface area contributed by atoms with Crippen LogP contribution in [-0.2, 0) is 42.5 Å². The molecule has 0 radical (unpaired) electrons. The number of sulfonamides is 2. The summed E-state index contributed by atoms with van der Waals surface area (Å²) in [6, 6.07) is 18.3. The quantitative estimate of drug-likeness (QED) is 0.230. The van der Waals surface area contributed by atoms with Gasteiger partial charge in [-0.3, -0.25) is 9.52 Å². The molecular formula is C28H25F3N4O8S2. The molecule has 0 aliphatic carbocycles. The lowest BCUT2D eigenvalue weighted by molar-refractivity contribution is -0.192. The molecule has 238 valence electrons. The Balaban J connectivity index is 0.000000515. The van der Waals surface area contributed by atoms with Gasteiger partial charge < -0.3 is 14.8 Å². The largest absolute Gasteiger partial charge is 0.493 e. The number of aromatic nitrogens is 2. The summed E-state index contributed by atoms with van der Waals surface area (Å²) in [6.07, 6.45) is -4.31. The van der Waals surface area contributed by atoms with Gasteiger partial charge in [0.25, 0.3) is 0 Å². The number of carboxylic acid groups (broad SMARTS) is 1. The van der Waals surface area contributed by atoms with Crippen LogP contribution in [0.5, 0.6) is 5.75 Å². The first-order valence-electron chi connectivity index (χ1n) is 13.3. The van der Waals surface area contributed by atoms with Crippen molar-refractivity contribution in [2.45, 2.75) is 41.6 Å². The molecule has 45 heavy (non-hydrogen) atoms. The molecule has 2 aliphatic heterocycles. The van der Waals surface area contributed by atoms with E-state index in [1.807, 2.05) is 29.0 Å². The minimum Gasteiger partial charge on any atom is -0.493 e. The van der Waals surface area contributed by atoms with Crippen molar-refractivity contribution in [3.8, 4) is 5.75 Å². The third-order valence-electron chi connectivity index (χ3n) is 7.04. The third-order valence-corrected chi connectivity index (χ3v) is 10.2. The van der Waals surface area contributed by atoms with Crippen LogP contribution in [0.2, 0.25) is 0 Å². The maximum Gasteiger partial charge on any atom is 0.490 e. The first-order chi connectivity index (χ1) is 21.1. The van der Waals surface area contributed by atoms with E-state index in [1.165, 1.54) is 6.07 Å². The van der Waals surface area contributed by atoms with Gasteiger partial charge >= 0.3 is 12.1 Å². The van der Waals surface area contributed by atoms with Crippen LogP contribution in [0.3, 0.4) is 0 Å². The van der Waals surface area contributed by atoms with E-state index in [0.717, 1.165) is 16.6 Å². The van der Waals surface area contributed by atoms with Gasteiger partial charge in [-0.25, -0.2) is 31.3 Å². The summed E-state index contributed by atoms with van der Waals surface area (Å²) in [7, 11) is -7.68. The molecule has 1 fully saturated rings. The van der Waals surface area contributed by atoms with Crippen molar-refractivity contribution in [2.24, 2.45) is 0 Å². The summed E-state index contributed by atoms with van der Waals surface area (Å²) in [4.78, 5) is 28.5. The molecule has 1 amide bonds. The lowest BCUT2D eigenvalue weighted by Gasteiger charge is -2.18. The van der Waals surface area contributed by atoms with Gasteiger partial charge in [0.1, 0.15) is 16.8 Å². The molecule has 3 aromatic carbocycles. The SMILES string of the molecule is O=C(O)C(F)(F)F.O=C1CC(c2ccc(C[C@H](NS(=O)(=O)c3ccc4c(c3)CCO4)c3nc4ccccc4[nH]3)cc2)S(=O)(=O)N1. The van der Waals surface area contributed by atoms with Gasteiger partial charge in [-0.15, -0.1) is 0 Å². The van der Waals surface area contributed by atoms with Gasteiger partial charge in [0, 0.05) is 6.42 Å². The lowest BCUT2D eigenvalue weighted by atomic mass is 10.0. The summed E-state index contributed by atoms with van der Waals surface area (Å²) in [5.74, 6) is -2.14. The van der Waals surface area contributed by atoms with E-state index in [2.05, 4.69) is 14.7 Å². The number of carbonyl (C=O) groups excluding carboxylic acids is 1. The number of para-hydroxylation sites is 2. The number of benzene rings is 3. The van der Waals surface area contributed by atoms with Crippen molar-refractivity contribution in [2.75, 3.05) is 6.61 Å². The number of nitrogens with zero attached hydrogens (tertiary/aromatic N) is 1. The van der Waals surface area contributed by atoms with E-state index in [-0.39, 0.29) is 17.7 Å². The number of fused-ring (bicyclic) bond motifs is 2. The highest BCUT2D eigenvalue weighted by Gasteiger charge is 2.39. The molecule has 1 unspecified atom stereocenters. The van der Waals surface area contributed by atoms with Crippen LogP contribution in [0.1, 0.15) is 40.2 Å². The van der Waals surface area contributed by atoms with E-state index in [4.69, 9.17) is 14.6 Å². The Morgan fingerprint density at radius 3 is 2.42 bits per heavy atom. The molecule has 4 N–H and O–H groups in total. The normalized spacial score (nSPS) is 17.9. The van der Waals surface area contributed by atoms with E-state index in [9.17, 15) is 34.8 Å². The molecular weight excluding hydrogens is 641 g/mol. The van der Waals surface area contributed by atoms with E-state index in [1.54, 1.807) is 36.4 Å². The van der Waals surface area contributed by atoms with Crippen LogP contribution >= 0.6 is 0 Å². The summed E-state index contributed by atoms with van der Waals surface area (Å²) in [6.45, 7) is 0.524. The molecule has 0 saturated carbocycles. The second-order valence-corrected chi connectivity index (χ2v) is 13.8. The van der Waals surface area contributed by atoms with Gasteiger partial charge in [-0.05, 0) is 53.4 Å². The van der Waals surface area contributed by atoms with Crippen molar-refractivity contribution in [1.29, 1.82) is 0 Å². The molecule has 12 nitrogen and oxygen atoms in total. The molecule has 0 bridgehead atoms. The predicted molar refractivity (Wildman–Crippen MR) is 153 cm³/mol. The van der Waals surface area contributed by atoms with Gasteiger partial charge in [-0.2, -0.15) is 13.2 Å². The lowest BCUT2D eigenvalue weighted by Crippen LogP contribution is -2.31. The number of halogens is 3. The first-order valence-corrected chi connectivity index (χ1v) is 16.3. The Morgan fingerprint density at radius 2 is 1.80 bits per heavy atom. The molecule has 17 heteroatoms. The summed E-state index contributed by atoms with van der Waals surface area (Å²) < 4.78 is 93.4. The summed E-state index contributed by atoms with van der Waals surface area (Å²) >= 11 is 0. The van der Waals surface area contributed by atoms with E-state index in [0.29, 0.717) is 35.7 Å². The predicted octanol–water partition coefficient (Wildman–Crippen LogP) is 3.28. The molecule has 2 aliphatic rings. The van der Waals surface area contributed by atoms with Gasteiger partial charge in [0.05, 0.1) is 35.0 Å². The minimum atomic E-state index is -5.08. The number of hydrogen-bond donors (Lipinski definition) is 4. The van der Waals surface area contributed by atoms with Crippen LogP contribution < -0.4 is 14.2 Å². The average molecular weight is 667 g/mol. The number of rotatable bonds is 7. The number of H-pyrrole nitrogens is 1. The smallest absolute Gasteiger partial charge is 0.490 e. The maximum atomic E-state index is 13.5. The Bertz CT molecular complexity index is 1950. The van der Waals surface area contributed by atoms with Crippen LogP contribution in [0.25, 0.3) is 11.0 Å². The monoisotopic (exact) mass is 666 g/mol. The molecule has 0 spiro atoms. The van der Waals surface area contributed by atoms with Gasteiger partial charge in [0.2, 0.25) is 26.0 Å². The van der Waals surface area contributed by atoms with Crippen molar-refractivity contribution in [1.82, 2.24) is 19.4 Å². The number of alkyl halides is 3. The molecule has 2 atom stereocenters. The molecule has 1 aromatic heterocycles. The third kappa shape index (κ3) is 7.26. The number of hydrogen-bond acceptors (Lipinski definition) is 8. The van der Waals surface area contributed by atoms with Crippen molar-refractivity contribution in [3.05, 3.63) is 89.2 Å². The number of carbonyl (C=O) groups is 2. The average Bonchev–Trinajstić information content (AvgIpc) is 3.68. The van der Waals surface area contributed by atoms with Crippen LogP contribution in [0.4, 0.5) is 13.2 Å². The number of ether oxygens (including phenoxy) is 1. The maximum absolute atomic E-state index is 13.5. The second kappa shape index (κ2) is 12.1. The number of amides is 1. The second-order valence-electron chi connectivity index (χ2n) is 10.2. The molecule has 3 heterocycles. The van der Waals surface area contributed by atoms with Crippen LogP contribution in [-0.4, -0.2) is 56.6 Å². The first kappa shape index (κ1) is 31.9. The van der Waals surface area contributed by atoms with Crippen molar-refractivity contribution >= 4 is 43.0 Å². The van der Waals surface area contributed by atoms with Crippen molar-refractivity contribution in [3.63, 3.8) is 0 Å². The number of aromatic amines is 1. The number of imidazole rings is 1. The van der Waals surface area contributed by atoms with E-state index >= 15 is 0 Å². The number of aliphatic carboxylic acids is 1. The van der Waals surface area contributed by atoms with Gasteiger partial charge in [-0.1, -0.05) is 36.4 Å². The standard InChI is InChI=1S/C26H24N4O6S2.C2HF3O2/c31-25-15-24(38(34,35)30-25)17-7-5-16(6-8-17)13-22(26-27-20-3-1-2-4-21(20)28-26)29-37(32,33)19-9-10-23-18(14-19)11-12-36-23;3-2(4,5)1(6)7/h1-10,14,22,24,29H,11-13,15H2,(H,27,28)(H,30,31);(H,6,7)/t22-,24?;/m0./s1. The zero-order valence-corrected chi connectivity index (χ0v) is 24.7. The highest BCUT2D eigenvalue weighted by atomic mass is 32.2. The topological polar surface area (TPSA) is 185 Å². The van der Waals surface area contributed by atoms with Crippen LogP contribution in [0, 0.1) is 0 Å². The van der Waals surface area contributed by atoms with Crippen molar-refractivity contribution < 1.29 is 49.4 Å². The zero-order valence-electron chi connectivity index (χ0n) is 23.0. The highest BCUT2D eigenvalue weighted by Crippen LogP contribution is 2.32. The highest BCUT2D eigenvalue weighted by molar-refractivity contribution is 7.90. The summed E-state index contributed by atoms with van der Waals surface area (Å²) in [5, 5.41) is 6.18. The summed E-state index contributed by atoms with van der Waals surface area (Å²) in [5.41, 5.74) is 3.59. The fourth-order valence-electron chi connectivity index (χ4n) is 4.87. The Kier molecular flexibility index (Phi) is 8.61. The Hall–Kier alpha value is -4.48. The molecule has 4 aromatic rings.